The molecule has 0 fully saturated rings. The number of hydrogen-bond acceptors (Lipinski definition) is 4. The summed E-state index contributed by atoms with van der Waals surface area (Å²) in [4.78, 5) is 19.7. The van der Waals surface area contributed by atoms with Gasteiger partial charge in [-0.15, -0.1) is 0 Å². The van der Waals surface area contributed by atoms with Gasteiger partial charge in [-0.2, -0.15) is 0 Å². The summed E-state index contributed by atoms with van der Waals surface area (Å²) in [6.07, 6.45) is 1.55. The second-order valence-corrected chi connectivity index (χ2v) is 8.86. The summed E-state index contributed by atoms with van der Waals surface area (Å²) in [5.74, 6) is -0.324. The first-order valence-corrected chi connectivity index (χ1v) is 10.1. The Hall–Kier alpha value is -2.18. The van der Waals surface area contributed by atoms with Gasteiger partial charge in [0.05, 0.1) is 18.0 Å². The van der Waals surface area contributed by atoms with E-state index in [1.807, 2.05) is 12.1 Å². The van der Waals surface area contributed by atoms with Crippen molar-refractivity contribution in [3.63, 3.8) is 0 Å². The predicted molar refractivity (Wildman–Crippen MR) is 112 cm³/mol. The number of H-pyrrole nitrogens is 1. The summed E-state index contributed by atoms with van der Waals surface area (Å²) in [5, 5.41) is 1.14. The number of fused-ring (bicyclic) bond motifs is 5. The number of methoxy groups -OCH3 is 1. The van der Waals surface area contributed by atoms with E-state index in [9.17, 15) is 4.79 Å². The van der Waals surface area contributed by atoms with E-state index < -0.39 is 0 Å². The van der Waals surface area contributed by atoms with Gasteiger partial charge >= 0.3 is 5.97 Å². The molecule has 28 heavy (non-hydrogen) atoms. The highest BCUT2D eigenvalue weighted by atomic mass is 79.9. The molecule has 0 radical (unpaired) electrons. The monoisotopic (exact) mass is 442 g/mol. The maximum absolute atomic E-state index is 11.5. The normalized spacial score (nSPS) is 18.6. The molecule has 1 aromatic carbocycles. The van der Waals surface area contributed by atoms with Gasteiger partial charge in [0.1, 0.15) is 6.10 Å². The van der Waals surface area contributed by atoms with Crippen molar-refractivity contribution in [2.75, 3.05) is 13.7 Å². The molecule has 146 valence electrons. The number of benzene rings is 1. The fraction of sp³-hybridized carbons (Fsp3) is 0.364. The van der Waals surface area contributed by atoms with Gasteiger partial charge in [-0.05, 0) is 35.9 Å². The third-order valence-corrected chi connectivity index (χ3v) is 6.03. The number of hydrogen-bond donors (Lipinski definition) is 1. The largest absolute Gasteiger partial charge is 0.465 e. The van der Waals surface area contributed by atoms with Crippen LogP contribution in [0.25, 0.3) is 22.2 Å². The van der Waals surface area contributed by atoms with Crippen molar-refractivity contribution in [3.05, 3.63) is 52.3 Å². The van der Waals surface area contributed by atoms with Gasteiger partial charge in [-0.3, -0.25) is 9.78 Å². The first kappa shape index (κ1) is 19.2. The molecule has 2 aromatic heterocycles. The number of pyridine rings is 1. The van der Waals surface area contributed by atoms with Crippen molar-refractivity contribution in [1.82, 2.24) is 9.97 Å². The number of rotatable bonds is 4. The topological polar surface area (TPSA) is 64.2 Å². The zero-order valence-corrected chi connectivity index (χ0v) is 18.0. The SMILES string of the molecule is CO[C@@H]1c2ncccc2-c2[nH]c3ccc(Br)cc3c2C1C(C)(C)COC(C)=O. The van der Waals surface area contributed by atoms with Crippen LogP contribution in [0.5, 0.6) is 0 Å². The average Bonchev–Trinajstić information content (AvgIpc) is 3.03. The van der Waals surface area contributed by atoms with Crippen LogP contribution < -0.4 is 0 Å². The lowest BCUT2D eigenvalue weighted by Crippen LogP contribution is -2.35. The molecule has 1 unspecified atom stereocenters. The van der Waals surface area contributed by atoms with Crippen LogP contribution in [0.2, 0.25) is 0 Å². The predicted octanol–water partition coefficient (Wildman–Crippen LogP) is 5.37. The number of ether oxygens (including phenoxy) is 2. The number of esters is 1. The Morgan fingerprint density at radius 1 is 1.32 bits per heavy atom. The molecule has 0 amide bonds. The summed E-state index contributed by atoms with van der Waals surface area (Å²) < 4.78 is 12.5. The van der Waals surface area contributed by atoms with Crippen LogP contribution in [0.4, 0.5) is 0 Å². The maximum Gasteiger partial charge on any atom is 0.302 e. The molecule has 2 heterocycles. The fourth-order valence-electron chi connectivity index (χ4n) is 4.31. The quantitative estimate of drug-likeness (QED) is 0.551. The van der Waals surface area contributed by atoms with Gasteiger partial charge in [0.25, 0.3) is 0 Å². The van der Waals surface area contributed by atoms with Crippen LogP contribution in [-0.4, -0.2) is 29.7 Å². The summed E-state index contributed by atoms with van der Waals surface area (Å²) in [5.41, 5.74) is 4.90. The molecule has 0 saturated heterocycles. The second kappa shape index (κ2) is 7.01. The number of carbonyl (C=O) groups excluding carboxylic acids is 1. The fourth-order valence-corrected chi connectivity index (χ4v) is 4.67. The van der Waals surface area contributed by atoms with E-state index in [0.29, 0.717) is 6.61 Å². The van der Waals surface area contributed by atoms with Gasteiger partial charge in [0.15, 0.2) is 0 Å². The van der Waals surface area contributed by atoms with E-state index in [1.165, 1.54) is 12.5 Å². The Kier molecular flexibility index (Phi) is 4.79. The van der Waals surface area contributed by atoms with E-state index in [-0.39, 0.29) is 23.4 Å². The van der Waals surface area contributed by atoms with Crippen molar-refractivity contribution in [3.8, 4) is 11.3 Å². The zero-order chi connectivity index (χ0) is 20.1. The van der Waals surface area contributed by atoms with Gasteiger partial charge in [0, 0.05) is 52.5 Å². The molecule has 4 rings (SSSR count). The van der Waals surface area contributed by atoms with Crippen LogP contribution in [0, 0.1) is 5.41 Å². The third-order valence-electron chi connectivity index (χ3n) is 5.54. The van der Waals surface area contributed by atoms with E-state index >= 15 is 0 Å². The number of nitrogens with zero attached hydrogens (tertiary/aromatic N) is 1. The smallest absolute Gasteiger partial charge is 0.302 e. The van der Waals surface area contributed by atoms with Crippen LogP contribution >= 0.6 is 15.9 Å². The molecule has 1 N–H and O–H groups in total. The molecule has 3 aromatic rings. The van der Waals surface area contributed by atoms with Crippen LogP contribution in [-0.2, 0) is 14.3 Å². The number of aromatic amines is 1. The number of nitrogens with one attached hydrogen (secondary N) is 1. The first-order valence-electron chi connectivity index (χ1n) is 9.26. The Morgan fingerprint density at radius 2 is 2.11 bits per heavy atom. The molecule has 0 spiro atoms. The molecule has 0 bridgehead atoms. The lowest BCUT2D eigenvalue weighted by molar-refractivity contribution is -0.145. The molecule has 2 atom stereocenters. The maximum atomic E-state index is 11.5. The van der Waals surface area contributed by atoms with Crippen molar-refractivity contribution >= 4 is 32.8 Å². The molecule has 1 aliphatic rings. The van der Waals surface area contributed by atoms with Crippen LogP contribution in [0.3, 0.4) is 0 Å². The summed E-state index contributed by atoms with van der Waals surface area (Å²) in [6.45, 7) is 5.97. The van der Waals surface area contributed by atoms with E-state index in [1.54, 1.807) is 13.3 Å². The van der Waals surface area contributed by atoms with Gasteiger partial charge in [0.2, 0.25) is 0 Å². The Bertz CT molecular complexity index is 1060. The number of carbonyl (C=O) groups is 1. The number of halogens is 1. The summed E-state index contributed by atoms with van der Waals surface area (Å²) in [6, 6.07) is 10.3. The minimum absolute atomic E-state index is 0.0442. The van der Waals surface area contributed by atoms with E-state index in [2.05, 4.69) is 57.9 Å². The lowest BCUT2D eigenvalue weighted by Gasteiger charge is -2.41. The highest BCUT2D eigenvalue weighted by Crippen LogP contribution is 2.55. The standard InChI is InChI=1S/C22H23BrN2O3/c1-12(26)28-11-22(2,3)18-17-15-10-13(23)7-8-16(15)25-19(17)14-6-5-9-24-20(14)21(18)27-4/h5-10,18,21,25H,11H2,1-4H3/t18?,21-/m0/s1. The molecular formula is C22H23BrN2O3. The minimum atomic E-state index is -0.367. The summed E-state index contributed by atoms with van der Waals surface area (Å²) in [7, 11) is 1.72. The van der Waals surface area contributed by atoms with Gasteiger partial charge < -0.3 is 14.5 Å². The van der Waals surface area contributed by atoms with Crippen LogP contribution in [0.15, 0.2) is 41.0 Å². The van der Waals surface area contributed by atoms with Crippen molar-refractivity contribution in [1.29, 1.82) is 0 Å². The van der Waals surface area contributed by atoms with Gasteiger partial charge in [-0.1, -0.05) is 29.8 Å². The Balaban J connectivity index is 1.99. The van der Waals surface area contributed by atoms with Crippen molar-refractivity contribution in [2.24, 2.45) is 5.41 Å². The second-order valence-electron chi connectivity index (χ2n) is 7.94. The molecule has 6 heteroatoms. The molecule has 5 nitrogen and oxygen atoms in total. The molecule has 0 aliphatic heterocycles. The van der Waals surface area contributed by atoms with E-state index in [4.69, 9.17) is 9.47 Å². The zero-order valence-electron chi connectivity index (χ0n) is 16.4. The molecule has 1 aliphatic carbocycles. The Morgan fingerprint density at radius 3 is 2.82 bits per heavy atom. The van der Waals surface area contributed by atoms with Crippen molar-refractivity contribution in [2.45, 2.75) is 32.8 Å². The molecular weight excluding hydrogens is 420 g/mol. The molecule has 0 saturated carbocycles. The highest BCUT2D eigenvalue weighted by molar-refractivity contribution is 9.10. The Labute approximate surface area is 172 Å². The number of aromatic nitrogens is 2. The van der Waals surface area contributed by atoms with E-state index in [0.717, 1.165) is 32.3 Å². The van der Waals surface area contributed by atoms with Gasteiger partial charge in [-0.25, -0.2) is 0 Å². The summed E-state index contributed by atoms with van der Waals surface area (Å²) >= 11 is 3.60. The first-order chi connectivity index (χ1) is 13.3. The van der Waals surface area contributed by atoms with Crippen LogP contribution in [0.1, 0.15) is 44.1 Å². The lowest BCUT2D eigenvalue weighted by atomic mass is 9.67. The highest BCUT2D eigenvalue weighted by Gasteiger charge is 2.46. The van der Waals surface area contributed by atoms with Crippen molar-refractivity contribution < 1.29 is 14.3 Å². The third kappa shape index (κ3) is 3.05. The average molecular weight is 443 g/mol. The minimum Gasteiger partial charge on any atom is -0.465 e.